The van der Waals surface area contributed by atoms with E-state index in [2.05, 4.69) is 15.3 Å². The zero-order chi connectivity index (χ0) is 16.0. The van der Waals surface area contributed by atoms with Gasteiger partial charge in [0.2, 0.25) is 0 Å². The van der Waals surface area contributed by atoms with E-state index >= 15 is 0 Å². The third kappa shape index (κ3) is 2.69. The van der Waals surface area contributed by atoms with Crippen molar-refractivity contribution in [3.63, 3.8) is 0 Å². The minimum Gasteiger partial charge on any atom is -0.447 e. The third-order valence-electron chi connectivity index (χ3n) is 4.80. The van der Waals surface area contributed by atoms with E-state index in [4.69, 9.17) is 4.74 Å². The molecule has 3 aliphatic rings. The zero-order valence-electron chi connectivity index (χ0n) is 12.6. The number of aromatic amines is 1. The number of carbonyl (C=O) groups is 2. The molecule has 1 aliphatic carbocycles. The second-order valence-electron chi connectivity index (χ2n) is 6.56. The van der Waals surface area contributed by atoms with Crippen LogP contribution in [0.1, 0.15) is 47.9 Å². The molecule has 1 saturated carbocycles. The van der Waals surface area contributed by atoms with Gasteiger partial charge in [0.15, 0.2) is 0 Å². The average Bonchev–Trinajstić information content (AvgIpc) is 3.32. The smallest absolute Gasteiger partial charge is 0.407 e. The van der Waals surface area contributed by atoms with Gasteiger partial charge >= 0.3 is 6.09 Å². The highest BCUT2D eigenvalue weighted by molar-refractivity contribution is 5.92. The molecule has 4 rings (SSSR count). The van der Waals surface area contributed by atoms with Crippen LogP contribution in [-0.2, 0) is 4.74 Å². The maximum atomic E-state index is 12.6. The number of nitrogens with one attached hydrogen (secondary N) is 2. The summed E-state index contributed by atoms with van der Waals surface area (Å²) in [5.41, 5.74) is -0.428. The molecule has 0 atom stereocenters. The Morgan fingerprint density at radius 2 is 2.04 bits per heavy atom. The lowest BCUT2D eigenvalue weighted by Crippen LogP contribution is -2.53. The molecule has 2 amide bonds. The molecule has 8 nitrogen and oxygen atoms in total. The van der Waals surface area contributed by atoms with Crippen molar-refractivity contribution in [3.8, 4) is 0 Å². The van der Waals surface area contributed by atoms with Crippen LogP contribution in [0.15, 0.2) is 10.9 Å². The van der Waals surface area contributed by atoms with E-state index in [1.54, 1.807) is 4.90 Å². The Kier molecular flexibility index (Phi) is 3.14. The number of hydrogen-bond acceptors (Lipinski definition) is 5. The number of cyclic esters (lactones) is 1. The summed E-state index contributed by atoms with van der Waals surface area (Å²) in [5.74, 6) is 0.676. The summed E-state index contributed by atoms with van der Waals surface area (Å²) in [6.45, 7) is 1.37. The number of H-pyrrole nitrogens is 1. The van der Waals surface area contributed by atoms with Gasteiger partial charge in [0.05, 0.1) is 5.54 Å². The average molecular weight is 318 g/mol. The van der Waals surface area contributed by atoms with Crippen molar-refractivity contribution in [2.24, 2.45) is 0 Å². The van der Waals surface area contributed by atoms with Crippen LogP contribution in [0.25, 0.3) is 0 Å². The lowest BCUT2D eigenvalue weighted by atomic mass is 9.89. The number of aromatic nitrogens is 2. The fourth-order valence-electron chi connectivity index (χ4n) is 3.20. The van der Waals surface area contributed by atoms with Crippen LogP contribution in [0.2, 0.25) is 0 Å². The first-order valence-electron chi connectivity index (χ1n) is 7.90. The monoisotopic (exact) mass is 318 g/mol. The number of amides is 2. The molecule has 122 valence electrons. The van der Waals surface area contributed by atoms with Gasteiger partial charge in [-0.05, 0) is 25.7 Å². The lowest BCUT2D eigenvalue weighted by Gasteiger charge is -2.37. The Balaban J connectivity index is 1.48. The molecular weight excluding hydrogens is 300 g/mol. The molecule has 8 heteroatoms. The van der Waals surface area contributed by atoms with Crippen molar-refractivity contribution >= 4 is 12.0 Å². The summed E-state index contributed by atoms with van der Waals surface area (Å²) in [4.78, 5) is 44.3. The predicted molar refractivity (Wildman–Crippen MR) is 79.2 cm³/mol. The fourth-order valence-corrected chi connectivity index (χ4v) is 3.20. The number of rotatable bonds is 2. The quantitative estimate of drug-likeness (QED) is 0.819. The molecule has 2 saturated heterocycles. The molecule has 0 aromatic carbocycles. The highest BCUT2D eigenvalue weighted by atomic mass is 16.6. The van der Waals surface area contributed by atoms with E-state index in [-0.39, 0.29) is 28.6 Å². The van der Waals surface area contributed by atoms with Gasteiger partial charge < -0.3 is 19.9 Å². The topological polar surface area (TPSA) is 104 Å². The van der Waals surface area contributed by atoms with Crippen molar-refractivity contribution in [1.82, 2.24) is 20.2 Å². The second-order valence-corrected chi connectivity index (χ2v) is 6.56. The van der Waals surface area contributed by atoms with Crippen molar-refractivity contribution < 1.29 is 14.3 Å². The van der Waals surface area contributed by atoms with E-state index in [9.17, 15) is 14.4 Å². The second kappa shape index (κ2) is 5.07. The van der Waals surface area contributed by atoms with Crippen molar-refractivity contribution in [2.75, 3.05) is 19.7 Å². The van der Waals surface area contributed by atoms with E-state index in [0.29, 0.717) is 38.4 Å². The molecule has 3 fully saturated rings. The largest absolute Gasteiger partial charge is 0.447 e. The number of hydrogen-bond donors (Lipinski definition) is 2. The summed E-state index contributed by atoms with van der Waals surface area (Å²) >= 11 is 0. The summed E-state index contributed by atoms with van der Waals surface area (Å²) in [6.07, 6.45) is 2.90. The molecule has 23 heavy (non-hydrogen) atoms. The normalized spacial score (nSPS) is 22.8. The van der Waals surface area contributed by atoms with Crippen molar-refractivity contribution in [1.29, 1.82) is 0 Å². The first-order valence-corrected chi connectivity index (χ1v) is 7.90. The molecule has 0 unspecified atom stereocenters. The number of likely N-dealkylation sites (tertiary alicyclic amines) is 1. The first-order chi connectivity index (χ1) is 11.0. The van der Waals surface area contributed by atoms with Gasteiger partial charge in [0, 0.05) is 25.1 Å². The Bertz CT molecular complexity index is 716. The number of alkyl carbamates (subject to hydrolysis) is 1. The van der Waals surface area contributed by atoms with Gasteiger partial charge in [0.25, 0.3) is 11.5 Å². The Labute approximate surface area is 132 Å². The lowest BCUT2D eigenvalue weighted by molar-refractivity contribution is 0.0636. The maximum absolute atomic E-state index is 12.6. The van der Waals surface area contributed by atoms with Crippen LogP contribution in [0, 0.1) is 0 Å². The summed E-state index contributed by atoms with van der Waals surface area (Å²) < 4.78 is 4.98. The van der Waals surface area contributed by atoms with Crippen LogP contribution in [0.5, 0.6) is 0 Å². The van der Waals surface area contributed by atoms with Crippen molar-refractivity contribution in [2.45, 2.75) is 37.1 Å². The van der Waals surface area contributed by atoms with Crippen LogP contribution in [0.3, 0.4) is 0 Å². The summed E-state index contributed by atoms with van der Waals surface area (Å²) in [7, 11) is 0. The first kappa shape index (κ1) is 14.2. The third-order valence-corrected chi connectivity index (χ3v) is 4.80. The van der Waals surface area contributed by atoms with Gasteiger partial charge in [-0.15, -0.1) is 0 Å². The molecular formula is C15H18N4O4. The van der Waals surface area contributed by atoms with E-state index in [1.165, 1.54) is 6.07 Å². The molecule has 3 heterocycles. The molecule has 2 aliphatic heterocycles. The van der Waals surface area contributed by atoms with E-state index in [1.807, 2.05) is 0 Å². The number of piperidine rings is 1. The predicted octanol–water partition coefficient (Wildman–Crippen LogP) is 0.362. The molecule has 2 N–H and O–H groups in total. The van der Waals surface area contributed by atoms with Gasteiger partial charge in [-0.25, -0.2) is 9.78 Å². The summed E-state index contributed by atoms with van der Waals surface area (Å²) in [5, 5.41) is 2.84. The number of nitrogens with zero attached hydrogens (tertiary/aromatic N) is 2. The maximum Gasteiger partial charge on any atom is 0.407 e. The van der Waals surface area contributed by atoms with Crippen LogP contribution < -0.4 is 10.9 Å². The highest BCUT2D eigenvalue weighted by Gasteiger charge is 2.43. The van der Waals surface area contributed by atoms with Gasteiger partial charge in [-0.1, -0.05) is 0 Å². The SMILES string of the molecule is O=C1NC2(CCN(C(=O)c3cc(=O)[nH]c(C4CC4)n3)CC2)CO1. The number of carbonyl (C=O) groups excluding carboxylic acids is 2. The zero-order valence-corrected chi connectivity index (χ0v) is 12.6. The van der Waals surface area contributed by atoms with Gasteiger partial charge in [-0.2, -0.15) is 0 Å². The van der Waals surface area contributed by atoms with E-state index in [0.717, 1.165) is 12.8 Å². The highest BCUT2D eigenvalue weighted by Crippen LogP contribution is 2.37. The minimum atomic E-state index is -0.393. The molecule has 0 radical (unpaired) electrons. The molecule has 1 spiro atoms. The Hall–Kier alpha value is -2.38. The molecule has 0 bridgehead atoms. The minimum absolute atomic E-state index is 0.207. The van der Waals surface area contributed by atoms with Crippen LogP contribution in [-0.4, -0.2) is 52.1 Å². The Morgan fingerprint density at radius 3 is 2.65 bits per heavy atom. The molecule has 1 aromatic rings. The van der Waals surface area contributed by atoms with Crippen LogP contribution >= 0.6 is 0 Å². The summed E-state index contributed by atoms with van der Waals surface area (Å²) in [6, 6.07) is 1.26. The van der Waals surface area contributed by atoms with Crippen LogP contribution in [0.4, 0.5) is 4.79 Å². The van der Waals surface area contributed by atoms with Crippen molar-refractivity contribution in [3.05, 3.63) is 27.9 Å². The number of ether oxygens (including phenoxy) is 1. The van der Waals surface area contributed by atoms with Gasteiger partial charge in [-0.3, -0.25) is 9.59 Å². The Morgan fingerprint density at radius 1 is 1.30 bits per heavy atom. The molecule has 1 aromatic heterocycles. The van der Waals surface area contributed by atoms with Gasteiger partial charge in [0.1, 0.15) is 18.1 Å². The fraction of sp³-hybridized carbons (Fsp3) is 0.600. The van der Waals surface area contributed by atoms with E-state index < -0.39 is 6.09 Å². The standard InChI is InChI=1S/C15H18N4O4/c20-11-7-10(16-12(17-11)9-1-2-9)13(21)19-5-3-15(4-6-19)8-23-14(22)18-15/h7,9H,1-6,8H2,(H,18,22)(H,16,17,20).